The van der Waals surface area contributed by atoms with E-state index in [4.69, 9.17) is 5.11 Å². The molecule has 2 aliphatic rings. The Hall–Kier alpha value is -0.220. The molecule has 2 atom stereocenters. The summed E-state index contributed by atoms with van der Waals surface area (Å²) in [6.07, 6.45) is 1.82. The van der Waals surface area contributed by atoms with Crippen LogP contribution in [0.5, 0.6) is 0 Å². The maximum absolute atomic E-state index is 12.4. The topological polar surface area (TPSA) is 104 Å². The molecule has 0 spiro atoms. The van der Waals surface area contributed by atoms with Crippen LogP contribution in [0, 0.1) is 5.92 Å². The quantitative estimate of drug-likeness (QED) is 0.697. The van der Waals surface area contributed by atoms with E-state index in [-0.39, 0.29) is 30.6 Å². The van der Waals surface area contributed by atoms with Crippen LogP contribution < -0.4 is 4.72 Å². The summed E-state index contributed by atoms with van der Waals surface area (Å²) in [6.45, 7) is 2.30. The lowest BCUT2D eigenvalue weighted by Gasteiger charge is -2.34. The predicted molar refractivity (Wildman–Crippen MR) is 75.1 cm³/mol. The molecular formula is C11H22N2O5S2. The summed E-state index contributed by atoms with van der Waals surface area (Å²) in [5.41, 5.74) is -0.927. The zero-order chi connectivity index (χ0) is 15.0. The van der Waals surface area contributed by atoms with Gasteiger partial charge in [-0.15, -0.1) is 0 Å². The third kappa shape index (κ3) is 3.70. The average molecular weight is 326 g/mol. The maximum atomic E-state index is 12.4. The standard InChI is InChI=1S/C11H22N2O5S2/c1-11(4-6-19(15,16)9-11)12-20(17,18)13-5-2-3-10(7-13)8-14/h10,12,14H,2-9H2,1H3. The van der Waals surface area contributed by atoms with Crippen LogP contribution in [0.4, 0.5) is 0 Å². The van der Waals surface area contributed by atoms with Gasteiger partial charge in [-0.2, -0.15) is 17.4 Å². The smallest absolute Gasteiger partial charge is 0.279 e. The van der Waals surface area contributed by atoms with Crippen molar-refractivity contribution in [3.8, 4) is 0 Å². The lowest BCUT2D eigenvalue weighted by molar-refractivity contribution is 0.164. The lowest BCUT2D eigenvalue weighted by atomic mass is 10.0. The third-order valence-electron chi connectivity index (χ3n) is 3.96. The van der Waals surface area contributed by atoms with Gasteiger partial charge in [0.1, 0.15) is 0 Å². The molecule has 0 aromatic carbocycles. The van der Waals surface area contributed by atoms with Crippen LogP contribution in [-0.2, 0) is 20.0 Å². The van der Waals surface area contributed by atoms with Gasteiger partial charge in [-0.05, 0) is 32.1 Å². The molecule has 2 unspecified atom stereocenters. The minimum absolute atomic E-state index is 0.0191. The lowest BCUT2D eigenvalue weighted by Crippen LogP contribution is -2.54. The Morgan fingerprint density at radius 3 is 2.70 bits per heavy atom. The zero-order valence-corrected chi connectivity index (χ0v) is 13.2. The first kappa shape index (κ1) is 16.2. The summed E-state index contributed by atoms with van der Waals surface area (Å²) in [5.74, 6) is -0.178. The van der Waals surface area contributed by atoms with Crippen LogP contribution in [0.25, 0.3) is 0 Å². The molecule has 0 aromatic heterocycles. The highest BCUT2D eigenvalue weighted by molar-refractivity contribution is 7.92. The Kier molecular flexibility index (Phi) is 4.46. The van der Waals surface area contributed by atoms with Crippen molar-refractivity contribution in [3.05, 3.63) is 0 Å². The number of sulfone groups is 1. The molecule has 0 saturated carbocycles. The number of aliphatic hydroxyl groups excluding tert-OH is 1. The van der Waals surface area contributed by atoms with Crippen molar-refractivity contribution >= 4 is 20.0 Å². The van der Waals surface area contributed by atoms with Gasteiger partial charge >= 0.3 is 0 Å². The minimum atomic E-state index is -3.71. The molecule has 0 aliphatic carbocycles. The molecule has 2 fully saturated rings. The Labute approximate surface area is 120 Å². The second-order valence-electron chi connectivity index (χ2n) is 6.06. The zero-order valence-electron chi connectivity index (χ0n) is 11.6. The van der Waals surface area contributed by atoms with Gasteiger partial charge in [0.05, 0.1) is 11.5 Å². The van der Waals surface area contributed by atoms with Crippen LogP contribution >= 0.6 is 0 Å². The van der Waals surface area contributed by atoms with Crippen molar-refractivity contribution in [2.45, 2.75) is 31.7 Å². The first-order valence-corrected chi connectivity index (χ1v) is 10.0. The normalized spacial score (nSPS) is 35.2. The number of nitrogens with zero attached hydrogens (tertiary/aromatic N) is 1. The molecule has 2 saturated heterocycles. The number of rotatable bonds is 4. The number of hydrogen-bond acceptors (Lipinski definition) is 5. The Bertz CT molecular complexity index is 559. The summed E-state index contributed by atoms with van der Waals surface area (Å²) in [6, 6.07) is 0. The first-order chi connectivity index (χ1) is 9.16. The fourth-order valence-electron chi connectivity index (χ4n) is 2.86. The van der Waals surface area contributed by atoms with Crippen LogP contribution in [0.15, 0.2) is 0 Å². The third-order valence-corrected chi connectivity index (χ3v) is 7.62. The van der Waals surface area contributed by atoms with Gasteiger partial charge < -0.3 is 5.11 Å². The highest BCUT2D eigenvalue weighted by Crippen LogP contribution is 2.25. The molecule has 9 heteroatoms. The fourth-order valence-corrected chi connectivity index (χ4v) is 6.75. The Morgan fingerprint density at radius 1 is 1.45 bits per heavy atom. The molecule has 0 bridgehead atoms. The van der Waals surface area contributed by atoms with Crippen LogP contribution in [0.3, 0.4) is 0 Å². The van der Waals surface area contributed by atoms with Crippen molar-refractivity contribution in [1.29, 1.82) is 0 Å². The van der Waals surface area contributed by atoms with Crippen molar-refractivity contribution < 1.29 is 21.9 Å². The van der Waals surface area contributed by atoms with E-state index in [1.165, 1.54) is 4.31 Å². The molecule has 0 aromatic rings. The van der Waals surface area contributed by atoms with Gasteiger partial charge in [0.15, 0.2) is 9.84 Å². The van der Waals surface area contributed by atoms with E-state index in [0.29, 0.717) is 19.4 Å². The van der Waals surface area contributed by atoms with Crippen molar-refractivity contribution in [1.82, 2.24) is 9.03 Å². The number of piperidine rings is 1. The summed E-state index contributed by atoms with van der Waals surface area (Å²) >= 11 is 0. The number of hydrogen-bond donors (Lipinski definition) is 2. The molecule has 20 heavy (non-hydrogen) atoms. The van der Waals surface area contributed by atoms with Crippen molar-refractivity contribution in [2.24, 2.45) is 5.92 Å². The van der Waals surface area contributed by atoms with Crippen molar-refractivity contribution in [2.75, 3.05) is 31.2 Å². The van der Waals surface area contributed by atoms with E-state index in [9.17, 15) is 16.8 Å². The van der Waals surface area contributed by atoms with Crippen LogP contribution in [-0.4, -0.2) is 63.0 Å². The van der Waals surface area contributed by atoms with E-state index in [2.05, 4.69) is 4.72 Å². The van der Waals surface area contributed by atoms with Gasteiger partial charge in [-0.1, -0.05) is 0 Å². The van der Waals surface area contributed by atoms with Crippen LogP contribution in [0.2, 0.25) is 0 Å². The van der Waals surface area contributed by atoms with E-state index >= 15 is 0 Å². The van der Waals surface area contributed by atoms with Gasteiger partial charge in [-0.25, -0.2) is 8.42 Å². The number of nitrogens with one attached hydrogen (secondary N) is 1. The van der Waals surface area contributed by atoms with Crippen molar-refractivity contribution in [3.63, 3.8) is 0 Å². The summed E-state index contributed by atoms with van der Waals surface area (Å²) in [5, 5.41) is 9.16. The van der Waals surface area contributed by atoms with Gasteiger partial charge in [0.2, 0.25) is 0 Å². The first-order valence-electron chi connectivity index (χ1n) is 6.76. The van der Waals surface area contributed by atoms with Gasteiger partial charge in [0, 0.05) is 25.2 Å². The molecule has 118 valence electrons. The summed E-state index contributed by atoms with van der Waals surface area (Å²) in [7, 11) is -6.87. The summed E-state index contributed by atoms with van der Waals surface area (Å²) in [4.78, 5) is 0. The maximum Gasteiger partial charge on any atom is 0.279 e. The SMILES string of the molecule is CC1(NS(=O)(=O)N2CCCC(CO)C2)CCS(=O)(=O)C1. The minimum Gasteiger partial charge on any atom is -0.396 e. The molecule has 2 rings (SSSR count). The van der Waals surface area contributed by atoms with Gasteiger partial charge in [-0.3, -0.25) is 0 Å². The highest BCUT2D eigenvalue weighted by atomic mass is 32.2. The molecular weight excluding hydrogens is 304 g/mol. The molecule has 0 amide bonds. The van der Waals surface area contributed by atoms with E-state index < -0.39 is 25.6 Å². The summed E-state index contributed by atoms with van der Waals surface area (Å²) < 4.78 is 51.6. The largest absolute Gasteiger partial charge is 0.396 e. The van der Waals surface area contributed by atoms with Crippen LogP contribution in [0.1, 0.15) is 26.2 Å². The monoisotopic (exact) mass is 326 g/mol. The molecule has 0 radical (unpaired) electrons. The molecule has 7 nitrogen and oxygen atoms in total. The van der Waals surface area contributed by atoms with E-state index in [1.807, 2.05) is 0 Å². The molecule has 2 heterocycles. The Balaban J connectivity index is 2.08. The van der Waals surface area contributed by atoms with E-state index in [1.54, 1.807) is 6.92 Å². The van der Waals surface area contributed by atoms with Gasteiger partial charge in [0.25, 0.3) is 10.2 Å². The molecule has 2 aliphatic heterocycles. The van der Waals surface area contributed by atoms with E-state index in [0.717, 1.165) is 6.42 Å². The average Bonchev–Trinajstić information content (AvgIpc) is 2.62. The second kappa shape index (κ2) is 5.53. The predicted octanol–water partition coefficient (Wildman–Crippen LogP) is -0.898. The molecule has 2 N–H and O–H groups in total. The highest BCUT2D eigenvalue weighted by Gasteiger charge is 2.43. The second-order valence-corrected chi connectivity index (χ2v) is 9.91. The number of aliphatic hydroxyl groups is 1. The fraction of sp³-hybridized carbons (Fsp3) is 1.00. The Morgan fingerprint density at radius 2 is 2.15 bits per heavy atom.